The van der Waals surface area contributed by atoms with Crippen LogP contribution in [0.4, 0.5) is 0 Å². The number of hydrogen-bond acceptors (Lipinski definition) is 6. The second-order valence-corrected chi connectivity index (χ2v) is 7.36. The Morgan fingerprint density at radius 2 is 1.62 bits per heavy atom. The lowest BCUT2D eigenvalue weighted by atomic mass is 9.99. The number of piperidine rings is 1. The predicted octanol–water partition coefficient (Wildman–Crippen LogP) is 3.35. The van der Waals surface area contributed by atoms with Gasteiger partial charge >= 0.3 is 0 Å². The Bertz CT molecular complexity index is 936. The highest BCUT2D eigenvalue weighted by Gasteiger charge is 2.16. The number of phenolic OH excluding ortho intramolecular Hbond substituents is 1. The summed E-state index contributed by atoms with van der Waals surface area (Å²) in [5, 5.41) is 13.0. The first-order chi connectivity index (χ1) is 14.2. The van der Waals surface area contributed by atoms with E-state index in [4.69, 9.17) is 15.5 Å². The number of ether oxygens (including phenoxy) is 1. The van der Waals surface area contributed by atoms with Crippen molar-refractivity contribution in [3.8, 4) is 34.1 Å². The monoisotopic (exact) mass is 390 g/mol. The van der Waals surface area contributed by atoms with Gasteiger partial charge in [0.1, 0.15) is 11.4 Å². The van der Waals surface area contributed by atoms with E-state index < -0.39 is 0 Å². The van der Waals surface area contributed by atoms with Crippen molar-refractivity contribution >= 4 is 0 Å². The van der Waals surface area contributed by atoms with Gasteiger partial charge in [0.05, 0.1) is 18.5 Å². The molecule has 6 heteroatoms. The topological polar surface area (TPSA) is 93.3 Å². The van der Waals surface area contributed by atoms with Crippen molar-refractivity contribution in [2.24, 2.45) is 11.7 Å². The number of nitrogens with zero attached hydrogens (tertiary/aromatic N) is 2. The third kappa shape index (κ3) is 4.72. The molecule has 4 N–H and O–H groups in total. The van der Waals surface area contributed by atoms with Crippen LogP contribution >= 0.6 is 0 Å². The van der Waals surface area contributed by atoms with Crippen LogP contribution in [-0.2, 0) is 6.54 Å². The van der Waals surface area contributed by atoms with Gasteiger partial charge in [-0.1, -0.05) is 24.3 Å². The van der Waals surface area contributed by atoms with Crippen LogP contribution in [0.1, 0.15) is 18.4 Å². The molecule has 150 valence electrons. The molecule has 0 radical (unpaired) electrons. The highest BCUT2D eigenvalue weighted by molar-refractivity contribution is 5.78. The molecule has 6 nitrogen and oxygen atoms in total. The van der Waals surface area contributed by atoms with Crippen LogP contribution in [0.25, 0.3) is 22.5 Å². The normalized spacial score (nSPS) is 14.7. The van der Waals surface area contributed by atoms with Crippen molar-refractivity contribution in [2.75, 3.05) is 19.7 Å². The van der Waals surface area contributed by atoms with Gasteiger partial charge in [0.2, 0.25) is 5.88 Å². The first-order valence-electron chi connectivity index (χ1n) is 10.0. The van der Waals surface area contributed by atoms with Gasteiger partial charge in [-0.15, -0.1) is 0 Å². The Labute approximate surface area is 170 Å². The molecule has 0 spiro atoms. The summed E-state index contributed by atoms with van der Waals surface area (Å²) < 4.78 is 5.99. The Morgan fingerprint density at radius 1 is 0.966 bits per heavy atom. The number of rotatable bonds is 6. The van der Waals surface area contributed by atoms with Gasteiger partial charge in [0.25, 0.3) is 0 Å². The third-order valence-electron chi connectivity index (χ3n) is 5.28. The molecular weight excluding hydrogens is 364 g/mol. The highest BCUT2D eigenvalue weighted by Crippen LogP contribution is 2.31. The summed E-state index contributed by atoms with van der Waals surface area (Å²) in [4.78, 5) is 9.44. The summed E-state index contributed by atoms with van der Waals surface area (Å²) in [7, 11) is 0. The molecule has 2 heterocycles. The van der Waals surface area contributed by atoms with E-state index in [1.54, 1.807) is 18.3 Å². The first-order valence-corrected chi connectivity index (χ1v) is 10.0. The lowest BCUT2D eigenvalue weighted by Crippen LogP contribution is -2.30. The third-order valence-corrected chi connectivity index (χ3v) is 5.28. The van der Waals surface area contributed by atoms with Gasteiger partial charge in [0.15, 0.2) is 0 Å². The molecular formula is C23H26N4O2. The Kier molecular flexibility index (Phi) is 6.03. The largest absolute Gasteiger partial charge is 0.508 e. The molecule has 1 aliphatic rings. The summed E-state index contributed by atoms with van der Waals surface area (Å²) in [6, 6.07) is 15.0. The van der Waals surface area contributed by atoms with Crippen LogP contribution in [0.3, 0.4) is 0 Å². The molecule has 0 atom stereocenters. The van der Waals surface area contributed by atoms with E-state index in [1.807, 2.05) is 36.4 Å². The maximum atomic E-state index is 9.65. The fraction of sp³-hybridized carbons (Fsp3) is 0.304. The maximum Gasteiger partial charge on any atom is 0.232 e. The maximum absolute atomic E-state index is 9.65. The molecule has 0 saturated carbocycles. The smallest absolute Gasteiger partial charge is 0.232 e. The van der Waals surface area contributed by atoms with Crippen LogP contribution in [0, 0.1) is 5.92 Å². The van der Waals surface area contributed by atoms with E-state index in [0.717, 1.165) is 54.0 Å². The van der Waals surface area contributed by atoms with Crippen molar-refractivity contribution in [3.05, 3.63) is 60.3 Å². The van der Waals surface area contributed by atoms with Crippen LogP contribution < -0.4 is 15.8 Å². The molecule has 1 aromatic heterocycles. The van der Waals surface area contributed by atoms with Crippen molar-refractivity contribution in [3.63, 3.8) is 0 Å². The van der Waals surface area contributed by atoms with Gasteiger partial charge in [-0.25, -0.2) is 9.97 Å². The molecule has 3 aromatic rings. The summed E-state index contributed by atoms with van der Waals surface area (Å²) in [6.45, 7) is 3.22. The molecule has 29 heavy (non-hydrogen) atoms. The number of aromatic nitrogens is 2. The number of benzene rings is 2. The number of hydrogen-bond donors (Lipinski definition) is 3. The van der Waals surface area contributed by atoms with Crippen molar-refractivity contribution in [2.45, 2.75) is 19.4 Å². The molecule has 0 bridgehead atoms. The molecule has 4 rings (SSSR count). The standard InChI is InChI=1S/C23H26N4O2/c24-13-16-1-3-18(4-2-16)22-23(19-5-7-20(28)8-6-19)27-21(14-26-22)29-15-17-9-11-25-12-10-17/h1-8,14,17,25,28H,9-13,15,24H2. The molecule has 1 saturated heterocycles. The Balaban J connectivity index is 1.65. The zero-order valence-corrected chi connectivity index (χ0v) is 16.3. The lowest BCUT2D eigenvalue weighted by molar-refractivity contribution is 0.208. The number of phenols is 1. The second kappa shape index (κ2) is 9.03. The van der Waals surface area contributed by atoms with E-state index in [2.05, 4.69) is 10.3 Å². The van der Waals surface area contributed by atoms with E-state index in [9.17, 15) is 5.11 Å². The van der Waals surface area contributed by atoms with E-state index in [1.165, 1.54) is 0 Å². The highest BCUT2D eigenvalue weighted by atomic mass is 16.5. The minimum atomic E-state index is 0.217. The number of nitrogens with one attached hydrogen (secondary N) is 1. The first kappa shape index (κ1) is 19.4. The zero-order valence-electron chi connectivity index (χ0n) is 16.3. The number of aromatic hydroxyl groups is 1. The van der Waals surface area contributed by atoms with Crippen molar-refractivity contribution < 1.29 is 9.84 Å². The van der Waals surface area contributed by atoms with Gasteiger partial charge in [-0.3, -0.25) is 0 Å². The number of nitrogens with two attached hydrogens (primary N) is 1. The Morgan fingerprint density at radius 3 is 2.31 bits per heavy atom. The molecule has 2 aromatic carbocycles. The van der Waals surface area contributed by atoms with Crippen LogP contribution in [0.5, 0.6) is 11.6 Å². The summed E-state index contributed by atoms with van der Waals surface area (Å²) in [6.07, 6.45) is 3.92. The quantitative estimate of drug-likeness (QED) is 0.598. The summed E-state index contributed by atoms with van der Waals surface area (Å²) in [5.41, 5.74) is 10.1. The second-order valence-electron chi connectivity index (χ2n) is 7.36. The van der Waals surface area contributed by atoms with Crippen LogP contribution in [-0.4, -0.2) is 34.8 Å². The van der Waals surface area contributed by atoms with Crippen molar-refractivity contribution in [1.82, 2.24) is 15.3 Å². The Hall–Kier alpha value is -2.96. The van der Waals surface area contributed by atoms with Crippen LogP contribution in [0.15, 0.2) is 54.7 Å². The van der Waals surface area contributed by atoms with Gasteiger partial charge in [0, 0.05) is 17.7 Å². The van der Waals surface area contributed by atoms with E-state index in [0.29, 0.717) is 24.9 Å². The average molecular weight is 390 g/mol. The zero-order chi connectivity index (χ0) is 20.1. The molecule has 0 amide bonds. The molecule has 1 fully saturated rings. The van der Waals surface area contributed by atoms with E-state index >= 15 is 0 Å². The minimum absolute atomic E-state index is 0.217. The molecule has 0 aliphatic carbocycles. The lowest BCUT2D eigenvalue weighted by Gasteiger charge is -2.22. The molecule has 1 aliphatic heterocycles. The fourth-order valence-electron chi connectivity index (χ4n) is 3.52. The summed E-state index contributed by atoms with van der Waals surface area (Å²) in [5.74, 6) is 1.28. The van der Waals surface area contributed by atoms with E-state index in [-0.39, 0.29) is 5.75 Å². The summed E-state index contributed by atoms with van der Waals surface area (Å²) >= 11 is 0. The van der Waals surface area contributed by atoms with Gasteiger partial charge < -0.3 is 20.9 Å². The fourth-order valence-corrected chi connectivity index (χ4v) is 3.52. The predicted molar refractivity (Wildman–Crippen MR) is 114 cm³/mol. The van der Waals surface area contributed by atoms with Gasteiger partial charge in [-0.05, 0) is 61.7 Å². The van der Waals surface area contributed by atoms with Crippen molar-refractivity contribution in [1.29, 1.82) is 0 Å². The minimum Gasteiger partial charge on any atom is -0.508 e. The van der Waals surface area contributed by atoms with Gasteiger partial charge in [-0.2, -0.15) is 0 Å². The van der Waals surface area contributed by atoms with Crippen LogP contribution in [0.2, 0.25) is 0 Å². The SMILES string of the molecule is NCc1ccc(-c2ncc(OCC3CCNCC3)nc2-c2ccc(O)cc2)cc1. The average Bonchev–Trinajstić information content (AvgIpc) is 2.79. The molecule has 0 unspecified atom stereocenters.